The number of methoxy groups -OCH3 is 1. The van der Waals surface area contributed by atoms with Crippen LogP contribution in [0.3, 0.4) is 0 Å². The topological polar surface area (TPSA) is 43.4 Å². The molecule has 0 saturated carbocycles. The molecule has 1 aromatic heterocycles. The van der Waals surface area contributed by atoms with Crippen LogP contribution < -0.4 is 14.8 Å². The second-order valence-electron chi connectivity index (χ2n) is 4.50. The van der Waals surface area contributed by atoms with Crippen LogP contribution in [0.2, 0.25) is 0 Å². The summed E-state index contributed by atoms with van der Waals surface area (Å²) in [5.74, 6) is 1.49. The van der Waals surface area contributed by atoms with Gasteiger partial charge in [-0.1, -0.05) is 0 Å². The van der Waals surface area contributed by atoms with Crippen molar-refractivity contribution in [2.75, 3.05) is 13.7 Å². The van der Waals surface area contributed by atoms with Crippen LogP contribution in [0.4, 0.5) is 0 Å². The number of ether oxygens (including phenoxy) is 2. The highest BCUT2D eigenvalue weighted by molar-refractivity contribution is 9.10. The van der Waals surface area contributed by atoms with E-state index in [1.165, 1.54) is 5.56 Å². The first-order valence-corrected chi connectivity index (χ1v) is 7.62. The summed E-state index contributed by atoms with van der Waals surface area (Å²) in [4.78, 5) is 4.01. The van der Waals surface area contributed by atoms with E-state index in [0.29, 0.717) is 6.61 Å². The van der Waals surface area contributed by atoms with Crippen LogP contribution in [0.5, 0.6) is 11.5 Å². The first-order valence-electron chi connectivity index (χ1n) is 6.83. The van der Waals surface area contributed by atoms with Gasteiger partial charge in [0.25, 0.3) is 0 Å². The van der Waals surface area contributed by atoms with Crippen LogP contribution in [-0.4, -0.2) is 18.7 Å². The van der Waals surface area contributed by atoms with E-state index in [2.05, 4.69) is 26.2 Å². The number of benzene rings is 1. The van der Waals surface area contributed by atoms with E-state index in [4.69, 9.17) is 9.47 Å². The fraction of sp³-hybridized carbons (Fsp3) is 0.312. The van der Waals surface area contributed by atoms with E-state index < -0.39 is 0 Å². The molecular weight excluding hydrogens is 368 g/mol. The molecule has 6 heteroatoms. The van der Waals surface area contributed by atoms with Gasteiger partial charge in [-0.05, 0) is 58.2 Å². The minimum absolute atomic E-state index is 0. The van der Waals surface area contributed by atoms with Crippen LogP contribution in [0.25, 0.3) is 0 Å². The third kappa shape index (κ3) is 5.16. The predicted octanol–water partition coefficient (Wildman–Crippen LogP) is 3.96. The minimum Gasteiger partial charge on any atom is -0.492 e. The number of hydrogen-bond donors (Lipinski definition) is 1. The molecule has 1 heterocycles. The third-order valence-electron chi connectivity index (χ3n) is 2.98. The van der Waals surface area contributed by atoms with Gasteiger partial charge in [-0.25, -0.2) is 0 Å². The van der Waals surface area contributed by atoms with Gasteiger partial charge in [0.05, 0.1) is 18.2 Å². The summed E-state index contributed by atoms with van der Waals surface area (Å²) < 4.78 is 11.9. The van der Waals surface area contributed by atoms with Gasteiger partial charge in [-0.3, -0.25) is 4.98 Å². The summed E-state index contributed by atoms with van der Waals surface area (Å²) in [6.07, 6.45) is 3.60. The molecule has 1 aromatic carbocycles. The van der Waals surface area contributed by atoms with Crippen molar-refractivity contribution in [3.63, 3.8) is 0 Å². The molecule has 0 atom stereocenters. The molecule has 0 spiro atoms. The summed E-state index contributed by atoms with van der Waals surface area (Å²) in [7, 11) is 1.64. The molecule has 0 aliphatic heterocycles. The zero-order valence-corrected chi connectivity index (χ0v) is 15.0. The quantitative estimate of drug-likeness (QED) is 0.781. The lowest BCUT2D eigenvalue weighted by molar-refractivity contribution is 0.309. The minimum atomic E-state index is 0. The first-order chi connectivity index (χ1) is 10.2. The summed E-state index contributed by atoms with van der Waals surface area (Å²) in [5.41, 5.74) is 2.35. The first kappa shape index (κ1) is 18.7. The van der Waals surface area contributed by atoms with Gasteiger partial charge in [-0.2, -0.15) is 0 Å². The van der Waals surface area contributed by atoms with Gasteiger partial charge in [0.2, 0.25) is 0 Å². The Morgan fingerprint density at radius 3 is 2.45 bits per heavy atom. The Balaban J connectivity index is 0.00000242. The molecule has 0 saturated heterocycles. The second-order valence-corrected chi connectivity index (χ2v) is 5.36. The molecule has 0 aliphatic rings. The number of aromatic nitrogens is 1. The van der Waals surface area contributed by atoms with Crippen LogP contribution in [0.1, 0.15) is 18.1 Å². The average Bonchev–Trinajstić information content (AvgIpc) is 2.48. The van der Waals surface area contributed by atoms with Crippen LogP contribution >= 0.6 is 28.3 Å². The Morgan fingerprint density at radius 1 is 1.14 bits per heavy atom. The summed E-state index contributed by atoms with van der Waals surface area (Å²) in [6.45, 7) is 4.12. The fourth-order valence-corrected chi connectivity index (χ4v) is 2.69. The van der Waals surface area contributed by atoms with Crippen molar-refractivity contribution in [1.82, 2.24) is 10.3 Å². The number of hydrogen-bond acceptors (Lipinski definition) is 4. The van der Waals surface area contributed by atoms with Gasteiger partial charge in [0.1, 0.15) is 0 Å². The van der Waals surface area contributed by atoms with Gasteiger partial charge < -0.3 is 14.8 Å². The van der Waals surface area contributed by atoms with Crippen molar-refractivity contribution in [1.29, 1.82) is 0 Å². The zero-order chi connectivity index (χ0) is 15.1. The van der Waals surface area contributed by atoms with Crippen LogP contribution in [0.15, 0.2) is 41.1 Å². The Morgan fingerprint density at radius 2 is 1.82 bits per heavy atom. The standard InChI is InChI=1S/C16H19BrN2O2.ClH/c1-3-21-15-9-13(8-14(17)16(15)20-2)11-19-10-12-4-6-18-7-5-12;/h4-9,19H,3,10-11H2,1-2H3;1H. The van der Waals surface area contributed by atoms with Gasteiger partial charge >= 0.3 is 0 Å². The smallest absolute Gasteiger partial charge is 0.174 e. The summed E-state index contributed by atoms with van der Waals surface area (Å²) in [6, 6.07) is 8.05. The van der Waals surface area contributed by atoms with Crippen LogP contribution in [0, 0.1) is 0 Å². The van der Waals surface area contributed by atoms with Crippen molar-refractivity contribution >= 4 is 28.3 Å². The lowest BCUT2D eigenvalue weighted by atomic mass is 10.2. The van der Waals surface area contributed by atoms with E-state index in [9.17, 15) is 0 Å². The SMILES string of the molecule is CCOc1cc(CNCc2ccncc2)cc(Br)c1OC.Cl. The number of nitrogens with one attached hydrogen (secondary N) is 1. The van der Waals surface area contributed by atoms with Crippen LogP contribution in [-0.2, 0) is 13.1 Å². The normalized spacial score (nSPS) is 9.95. The Labute approximate surface area is 145 Å². The predicted molar refractivity (Wildman–Crippen MR) is 93.9 cm³/mol. The Bertz CT molecular complexity index is 582. The molecule has 0 bridgehead atoms. The van der Waals surface area contributed by atoms with Crippen molar-refractivity contribution in [2.24, 2.45) is 0 Å². The maximum atomic E-state index is 5.62. The Hall–Kier alpha value is -1.30. The highest BCUT2D eigenvalue weighted by Crippen LogP contribution is 2.36. The monoisotopic (exact) mass is 386 g/mol. The fourth-order valence-electron chi connectivity index (χ4n) is 2.04. The van der Waals surface area contributed by atoms with E-state index >= 15 is 0 Å². The molecule has 0 fully saturated rings. The third-order valence-corrected chi connectivity index (χ3v) is 3.57. The maximum absolute atomic E-state index is 5.62. The van der Waals surface area contributed by atoms with Crippen molar-refractivity contribution in [3.05, 3.63) is 52.3 Å². The number of halogens is 2. The van der Waals surface area contributed by atoms with Crippen molar-refractivity contribution < 1.29 is 9.47 Å². The largest absolute Gasteiger partial charge is 0.492 e. The number of nitrogens with zero attached hydrogens (tertiary/aromatic N) is 1. The molecule has 2 rings (SSSR count). The van der Waals surface area contributed by atoms with Gasteiger partial charge in [0.15, 0.2) is 11.5 Å². The Kier molecular flexibility index (Phi) is 8.24. The van der Waals surface area contributed by atoms with E-state index in [-0.39, 0.29) is 12.4 Å². The average molecular weight is 388 g/mol. The van der Waals surface area contributed by atoms with E-state index in [1.807, 2.05) is 31.2 Å². The molecule has 120 valence electrons. The highest BCUT2D eigenvalue weighted by Gasteiger charge is 2.10. The highest BCUT2D eigenvalue weighted by atomic mass is 79.9. The molecular formula is C16H20BrClN2O2. The molecule has 0 amide bonds. The maximum Gasteiger partial charge on any atom is 0.174 e. The molecule has 0 radical (unpaired) electrons. The lowest BCUT2D eigenvalue weighted by Crippen LogP contribution is -2.13. The van der Waals surface area contributed by atoms with Gasteiger partial charge in [0, 0.05) is 25.5 Å². The molecule has 2 aromatic rings. The molecule has 0 unspecified atom stereocenters. The molecule has 1 N–H and O–H groups in total. The summed E-state index contributed by atoms with van der Waals surface area (Å²) >= 11 is 3.52. The van der Waals surface area contributed by atoms with E-state index in [0.717, 1.165) is 34.6 Å². The second kappa shape index (κ2) is 9.66. The molecule has 0 aliphatic carbocycles. The van der Waals surface area contributed by atoms with Gasteiger partial charge in [-0.15, -0.1) is 12.4 Å². The number of rotatable bonds is 7. The van der Waals surface area contributed by atoms with Crippen molar-refractivity contribution in [2.45, 2.75) is 20.0 Å². The van der Waals surface area contributed by atoms with E-state index in [1.54, 1.807) is 19.5 Å². The zero-order valence-electron chi connectivity index (χ0n) is 12.6. The number of pyridine rings is 1. The van der Waals surface area contributed by atoms with Crippen molar-refractivity contribution in [3.8, 4) is 11.5 Å². The molecule has 22 heavy (non-hydrogen) atoms. The summed E-state index contributed by atoms with van der Waals surface area (Å²) in [5, 5.41) is 3.41. The lowest BCUT2D eigenvalue weighted by Gasteiger charge is -2.13. The molecule has 4 nitrogen and oxygen atoms in total.